The average molecular weight is 214 g/mol. The summed E-state index contributed by atoms with van der Waals surface area (Å²) in [6, 6.07) is 0.185. The second-order valence-electron chi connectivity index (χ2n) is 6.09. The Morgan fingerprint density at radius 3 is 2.60 bits per heavy atom. The number of hydrogen-bond acceptors (Lipinski definition) is 3. The van der Waals surface area contributed by atoms with Gasteiger partial charge in [0.1, 0.15) is 0 Å². The molecule has 1 aliphatic rings. The fourth-order valence-corrected chi connectivity index (χ4v) is 2.18. The molecule has 0 spiro atoms. The number of nitrogens with zero attached hydrogens (tertiary/aromatic N) is 1. The second-order valence-corrected chi connectivity index (χ2v) is 6.09. The minimum atomic E-state index is -0.508. The molecule has 0 saturated carbocycles. The van der Waals surface area contributed by atoms with E-state index in [0.29, 0.717) is 0 Å². The smallest absolute Gasteiger partial charge is 0.0746 e. The molecule has 15 heavy (non-hydrogen) atoms. The zero-order chi connectivity index (χ0) is 11.7. The summed E-state index contributed by atoms with van der Waals surface area (Å²) in [5.74, 6) is 0. The van der Waals surface area contributed by atoms with Gasteiger partial charge in [-0.05, 0) is 38.6 Å². The molecule has 90 valence electrons. The van der Waals surface area contributed by atoms with Gasteiger partial charge in [-0.2, -0.15) is 0 Å². The maximum Gasteiger partial charge on any atom is 0.0746 e. The highest BCUT2D eigenvalue weighted by molar-refractivity contribution is 4.88. The van der Waals surface area contributed by atoms with E-state index in [1.165, 1.54) is 0 Å². The lowest BCUT2D eigenvalue weighted by Gasteiger charge is -2.42. The predicted molar refractivity (Wildman–Crippen MR) is 63.7 cm³/mol. The van der Waals surface area contributed by atoms with Crippen LogP contribution in [0.25, 0.3) is 0 Å². The van der Waals surface area contributed by atoms with Crippen LogP contribution in [-0.4, -0.2) is 41.3 Å². The number of piperidine rings is 1. The van der Waals surface area contributed by atoms with Gasteiger partial charge in [0.25, 0.3) is 0 Å². The van der Waals surface area contributed by atoms with Crippen molar-refractivity contribution in [1.82, 2.24) is 4.90 Å². The summed E-state index contributed by atoms with van der Waals surface area (Å²) in [6.45, 7) is 11.2. The van der Waals surface area contributed by atoms with Crippen LogP contribution in [0.15, 0.2) is 0 Å². The lowest BCUT2D eigenvalue weighted by Crippen LogP contribution is -2.51. The molecular weight excluding hydrogens is 188 g/mol. The normalized spacial score (nSPS) is 31.6. The van der Waals surface area contributed by atoms with Gasteiger partial charge in [-0.1, -0.05) is 13.8 Å². The largest absolute Gasteiger partial charge is 0.389 e. The Hall–Kier alpha value is -0.120. The lowest BCUT2D eigenvalue weighted by molar-refractivity contribution is -0.0271. The summed E-state index contributed by atoms with van der Waals surface area (Å²) >= 11 is 0. The fraction of sp³-hybridized carbons (Fsp3) is 1.00. The molecule has 0 aromatic heterocycles. The van der Waals surface area contributed by atoms with E-state index in [0.717, 1.165) is 32.5 Å². The Morgan fingerprint density at radius 1 is 1.53 bits per heavy atom. The summed E-state index contributed by atoms with van der Waals surface area (Å²) in [4.78, 5) is 2.34. The van der Waals surface area contributed by atoms with Crippen LogP contribution in [0.5, 0.6) is 0 Å². The SMILES string of the molecule is CC(N)C(C)(C)CN1CCCC(C)(O)C1. The van der Waals surface area contributed by atoms with Gasteiger partial charge < -0.3 is 10.8 Å². The Labute approximate surface area is 93.6 Å². The minimum absolute atomic E-state index is 0.118. The molecule has 1 heterocycles. The van der Waals surface area contributed by atoms with Crippen LogP contribution in [0.1, 0.15) is 40.5 Å². The number of hydrogen-bond donors (Lipinski definition) is 2. The molecule has 2 atom stereocenters. The molecule has 0 amide bonds. The van der Waals surface area contributed by atoms with Crippen LogP contribution >= 0.6 is 0 Å². The molecule has 3 N–H and O–H groups in total. The zero-order valence-corrected chi connectivity index (χ0v) is 10.6. The maximum absolute atomic E-state index is 10.0. The molecule has 3 nitrogen and oxygen atoms in total. The van der Waals surface area contributed by atoms with Gasteiger partial charge in [-0.15, -0.1) is 0 Å². The standard InChI is InChI=1S/C12H26N2O/c1-10(13)11(2,3)8-14-7-5-6-12(4,15)9-14/h10,15H,5-9,13H2,1-4H3. The fourth-order valence-electron chi connectivity index (χ4n) is 2.18. The quantitative estimate of drug-likeness (QED) is 0.742. The Bertz CT molecular complexity index is 212. The highest BCUT2D eigenvalue weighted by atomic mass is 16.3. The van der Waals surface area contributed by atoms with Gasteiger partial charge in [0, 0.05) is 19.1 Å². The molecule has 1 rings (SSSR count). The van der Waals surface area contributed by atoms with Gasteiger partial charge in [-0.25, -0.2) is 0 Å². The number of rotatable bonds is 3. The summed E-state index contributed by atoms with van der Waals surface area (Å²) in [7, 11) is 0. The van der Waals surface area contributed by atoms with Gasteiger partial charge in [0.05, 0.1) is 5.60 Å². The zero-order valence-electron chi connectivity index (χ0n) is 10.6. The topological polar surface area (TPSA) is 49.5 Å². The molecular formula is C12H26N2O. The van der Waals surface area contributed by atoms with Crippen molar-refractivity contribution in [2.24, 2.45) is 11.1 Å². The Morgan fingerprint density at radius 2 is 2.13 bits per heavy atom. The van der Waals surface area contributed by atoms with Crippen molar-refractivity contribution < 1.29 is 5.11 Å². The van der Waals surface area contributed by atoms with Crippen molar-refractivity contribution in [3.8, 4) is 0 Å². The Kier molecular flexibility index (Phi) is 3.80. The first-order chi connectivity index (χ1) is 6.73. The number of likely N-dealkylation sites (tertiary alicyclic amines) is 1. The van der Waals surface area contributed by atoms with Crippen molar-refractivity contribution in [3.63, 3.8) is 0 Å². The lowest BCUT2D eigenvalue weighted by atomic mass is 9.84. The minimum Gasteiger partial charge on any atom is -0.389 e. The molecule has 1 aliphatic heterocycles. The van der Waals surface area contributed by atoms with Crippen LogP contribution in [0.4, 0.5) is 0 Å². The van der Waals surface area contributed by atoms with E-state index >= 15 is 0 Å². The molecule has 0 bridgehead atoms. The first-order valence-electron chi connectivity index (χ1n) is 5.93. The van der Waals surface area contributed by atoms with Crippen molar-refractivity contribution in [1.29, 1.82) is 0 Å². The highest BCUT2D eigenvalue weighted by Crippen LogP contribution is 2.26. The van der Waals surface area contributed by atoms with Crippen molar-refractivity contribution in [2.45, 2.75) is 52.2 Å². The predicted octanol–water partition coefficient (Wildman–Crippen LogP) is 1.21. The van der Waals surface area contributed by atoms with Crippen LogP contribution in [-0.2, 0) is 0 Å². The van der Waals surface area contributed by atoms with E-state index in [1.807, 2.05) is 6.92 Å². The van der Waals surface area contributed by atoms with Crippen LogP contribution in [0.2, 0.25) is 0 Å². The van der Waals surface area contributed by atoms with Gasteiger partial charge >= 0.3 is 0 Å². The third kappa shape index (κ3) is 3.74. The van der Waals surface area contributed by atoms with Gasteiger partial charge in [-0.3, -0.25) is 4.90 Å². The second kappa shape index (κ2) is 4.40. The van der Waals surface area contributed by atoms with Crippen LogP contribution in [0, 0.1) is 5.41 Å². The first-order valence-corrected chi connectivity index (χ1v) is 5.93. The van der Waals surface area contributed by atoms with E-state index in [2.05, 4.69) is 25.7 Å². The van der Waals surface area contributed by atoms with E-state index in [9.17, 15) is 5.11 Å². The summed E-state index contributed by atoms with van der Waals surface area (Å²) in [5, 5.41) is 10.0. The van der Waals surface area contributed by atoms with E-state index < -0.39 is 5.60 Å². The number of nitrogens with two attached hydrogens (primary N) is 1. The maximum atomic E-state index is 10.0. The monoisotopic (exact) mass is 214 g/mol. The van der Waals surface area contributed by atoms with Crippen molar-refractivity contribution in [2.75, 3.05) is 19.6 Å². The van der Waals surface area contributed by atoms with E-state index in [1.54, 1.807) is 0 Å². The molecule has 0 aromatic carbocycles. The summed E-state index contributed by atoms with van der Waals surface area (Å²) < 4.78 is 0. The van der Waals surface area contributed by atoms with E-state index in [-0.39, 0.29) is 11.5 Å². The molecule has 1 fully saturated rings. The van der Waals surface area contributed by atoms with Crippen molar-refractivity contribution >= 4 is 0 Å². The average Bonchev–Trinajstić information content (AvgIpc) is 2.00. The highest BCUT2D eigenvalue weighted by Gasteiger charge is 2.32. The molecule has 2 unspecified atom stereocenters. The molecule has 0 aliphatic carbocycles. The number of β-amino-alcohol motifs (C(OH)–C–C–N with tert-alkyl or cyclic N) is 1. The third-order valence-electron chi connectivity index (χ3n) is 3.62. The summed E-state index contributed by atoms with van der Waals surface area (Å²) in [6.07, 6.45) is 2.00. The van der Waals surface area contributed by atoms with Crippen molar-refractivity contribution in [3.05, 3.63) is 0 Å². The van der Waals surface area contributed by atoms with E-state index in [4.69, 9.17) is 5.73 Å². The first kappa shape index (κ1) is 12.9. The molecule has 1 saturated heterocycles. The van der Waals surface area contributed by atoms with Gasteiger partial charge in [0.15, 0.2) is 0 Å². The van der Waals surface area contributed by atoms with Crippen LogP contribution in [0.3, 0.4) is 0 Å². The molecule has 0 radical (unpaired) electrons. The van der Waals surface area contributed by atoms with Gasteiger partial charge in [0.2, 0.25) is 0 Å². The number of aliphatic hydroxyl groups is 1. The molecule has 3 heteroatoms. The molecule has 0 aromatic rings. The Balaban J connectivity index is 2.52. The summed E-state index contributed by atoms with van der Waals surface area (Å²) in [5.41, 5.74) is 5.58. The third-order valence-corrected chi connectivity index (χ3v) is 3.62. The van der Waals surface area contributed by atoms with Crippen LogP contribution < -0.4 is 5.73 Å².